The summed E-state index contributed by atoms with van der Waals surface area (Å²) >= 11 is 1.49. The Labute approximate surface area is 131 Å². The smallest absolute Gasteiger partial charge is 0.205 e. The summed E-state index contributed by atoms with van der Waals surface area (Å²) in [6.45, 7) is 5.73. The van der Waals surface area contributed by atoms with Crippen molar-refractivity contribution in [2.24, 2.45) is 0 Å². The quantitative estimate of drug-likeness (QED) is 0.709. The van der Waals surface area contributed by atoms with Gasteiger partial charge in [-0.3, -0.25) is 4.98 Å². The lowest BCUT2D eigenvalue weighted by Crippen LogP contribution is -2.47. The van der Waals surface area contributed by atoms with Gasteiger partial charge in [0.05, 0.1) is 12.4 Å². The lowest BCUT2D eigenvalue weighted by atomic mass is 10.3. The number of hydrogen-bond acceptors (Lipinski definition) is 8. The first-order valence-electron chi connectivity index (χ1n) is 7.31. The van der Waals surface area contributed by atoms with E-state index in [0.29, 0.717) is 0 Å². The van der Waals surface area contributed by atoms with Crippen molar-refractivity contribution < 1.29 is 0 Å². The van der Waals surface area contributed by atoms with Crippen LogP contribution in [0.2, 0.25) is 0 Å². The standard InChI is InChI=1S/C13H16N8S/c1-2-10-17-13(22-18-10)20-5-3-19(4-6-20)12-8-14-7-11-15-9-16-21(11)12/h7-9H,2-6H2,1H3. The van der Waals surface area contributed by atoms with Crippen molar-refractivity contribution in [2.75, 3.05) is 36.0 Å². The average Bonchev–Trinajstić information content (AvgIpc) is 3.23. The van der Waals surface area contributed by atoms with Crippen LogP contribution in [0, 0.1) is 0 Å². The molecule has 0 amide bonds. The highest BCUT2D eigenvalue weighted by Gasteiger charge is 2.22. The third kappa shape index (κ3) is 2.27. The molecule has 22 heavy (non-hydrogen) atoms. The van der Waals surface area contributed by atoms with Gasteiger partial charge in [0, 0.05) is 44.1 Å². The topological polar surface area (TPSA) is 75.3 Å². The number of hydrogen-bond donors (Lipinski definition) is 0. The predicted octanol–water partition coefficient (Wildman–Crippen LogP) is 0.865. The molecule has 1 aliphatic rings. The molecule has 114 valence electrons. The molecule has 0 atom stereocenters. The van der Waals surface area contributed by atoms with Crippen molar-refractivity contribution in [3.8, 4) is 0 Å². The third-order valence-corrected chi connectivity index (χ3v) is 4.63. The third-order valence-electron chi connectivity index (χ3n) is 3.82. The molecule has 1 aliphatic heterocycles. The van der Waals surface area contributed by atoms with Gasteiger partial charge >= 0.3 is 0 Å². The maximum absolute atomic E-state index is 4.57. The largest absolute Gasteiger partial charge is 0.352 e. The molecule has 4 rings (SSSR count). The SMILES string of the molecule is CCc1nsc(N2CCN(c3cncc4ncnn34)CC2)n1. The Morgan fingerprint density at radius 3 is 2.73 bits per heavy atom. The second kappa shape index (κ2) is 5.48. The van der Waals surface area contributed by atoms with Crippen LogP contribution in [0.25, 0.3) is 5.65 Å². The van der Waals surface area contributed by atoms with Gasteiger partial charge in [-0.15, -0.1) is 0 Å². The van der Waals surface area contributed by atoms with E-state index < -0.39 is 0 Å². The minimum absolute atomic E-state index is 0.775. The molecular weight excluding hydrogens is 300 g/mol. The lowest BCUT2D eigenvalue weighted by molar-refractivity contribution is 0.636. The molecule has 9 heteroatoms. The summed E-state index contributed by atoms with van der Waals surface area (Å²) in [6.07, 6.45) is 6.01. The molecule has 3 aromatic rings. The van der Waals surface area contributed by atoms with Crippen molar-refractivity contribution in [3.05, 3.63) is 24.5 Å². The van der Waals surface area contributed by atoms with Gasteiger partial charge in [0.15, 0.2) is 11.5 Å². The number of anilines is 2. The van der Waals surface area contributed by atoms with E-state index in [1.807, 2.05) is 10.7 Å². The van der Waals surface area contributed by atoms with Gasteiger partial charge in [-0.2, -0.15) is 14.0 Å². The summed E-state index contributed by atoms with van der Waals surface area (Å²) in [5.74, 6) is 1.92. The molecular formula is C13H16N8S. The van der Waals surface area contributed by atoms with E-state index in [0.717, 1.165) is 55.0 Å². The predicted molar refractivity (Wildman–Crippen MR) is 84.5 cm³/mol. The van der Waals surface area contributed by atoms with Crippen LogP contribution >= 0.6 is 11.5 Å². The van der Waals surface area contributed by atoms with Crippen molar-refractivity contribution in [3.63, 3.8) is 0 Å². The highest BCUT2D eigenvalue weighted by molar-refractivity contribution is 7.09. The van der Waals surface area contributed by atoms with E-state index in [1.54, 1.807) is 12.5 Å². The number of nitrogens with zero attached hydrogens (tertiary/aromatic N) is 8. The Kier molecular flexibility index (Phi) is 3.34. The van der Waals surface area contributed by atoms with Gasteiger partial charge in [0.1, 0.15) is 12.2 Å². The van der Waals surface area contributed by atoms with E-state index in [1.165, 1.54) is 11.5 Å². The molecule has 0 spiro atoms. The van der Waals surface area contributed by atoms with Crippen LogP contribution in [0.1, 0.15) is 12.7 Å². The van der Waals surface area contributed by atoms with Gasteiger partial charge in [0.25, 0.3) is 0 Å². The van der Waals surface area contributed by atoms with E-state index in [9.17, 15) is 0 Å². The first kappa shape index (κ1) is 13.4. The van der Waals surface area contributed by atoms with Crippen LogP contribution in [-0.2, 0) is 6.42 Å². The molecule has 1 fully saturated rings. The second-order valence-corrected chi connectivity index (χ2v) is 5.85. The summed E-state index contributed by atoms with van der Waals surface area (Å²) in [5.41, 5.74) is 0.775. The molecule has 1 saturated heterocycles. The van der Waals surface area contributed by atoms with Crippen LogP contribution in [0.5, 0.6) is 0 Å². The summed E-state index contributed by atoms with van der Waals surface area (Å²) in [7, 11) is 0. The van der Waals surface area contributed by atoms with E-state index >= 15 is 0 Å². The Morgan fingerprint density at radius 1 is 1.14 bits per heavy atom. The fourth-order valence-electron chi connectivity index (χ4n) is 2.60. The van der Waals surface area contributed by atoms with E-state index in [-0.39, 0.29) is 0 Å². The fraction of sp³-hybridized carbons (Fsp3) is 0.462. The highest BCUT2D eigenvalue weighted by Crippen LogP contribution is 2.21. The average molecular weight is 316 g/mol. The molecule has 0 aromatic carbocycles. The summed E-state index contributed by atoms with van der Waals surface area (Å²) in [6, 6.07) is 0. The van der Waals surface area contributed by atoms with Crippen LogP contribution in [0.15, 0.2) is 18.7 Å². The zero-order valence-electron chi connectivity index (χ0n) is 12.3. The van der Waals surface area contributed by atoms with Gasteiger partial charge < -0.3 is 9.80 Å². The van der Waals surface area contributed by atoms with Crippen molar-refractivity contribution in [1.82, 2.24) is 28.9 Å². The maximum Gasteiger partial charge on any atom is 0.205 e. The molecule has 0 unspecified atom stereocenters. The maximum atomic E-state index is 4.57. The number of piperazine rings is 1. The molecule has 0 aliphatic carbocycles. The van der Waals surface area contributed by atoms with E-state index in [4.69, 9.17) is 0 Å². The number of fused-ring (bicyclic) bond motifs is 1. The lowest BCUT2D eigenvalue weighted by Gasteiger charge is -2.35. The van der Waals surface area contributed by atoms with Crippen LogP contribution in [-0.4, -0.2) is 55.1 Å². The molecule has 3 aromatic heterocycles. The van der Waals surface area contributed by atoms with Crippen molar-refractivity contribution in [2.45, 2.75) is 13.3 Å². The van der Waals surface area contributed by atoms with E-state index in [2.05, 4.69) is 41.1 Å². The summed E-state index contributed by atoms with van der Waals surface area (Å²) in [4.78, 5) is 17.6. The number of aromatic nitrogens is 6. The first-order valence-corrected chi connectivity index (χ1v) is 8.08. The molecule has 8 nitrogen and oxygen atoms in total. The zero-order chi connectivity index (χ0) is 14.9. The fourth-order valence-corrected chi connectivity index (χ4v) is 3.40. The Bertz CT molecular complexity index is 773. The first-order chi connectivity index (χ1) is 10.8. The van der Waals surface area contributed by atoms with Crippen LogP contribution < -0.4 is 9.80 Å². The van der Waals surface area contributed by atoms with Crippen LogP contribution in [0.4, 0.5) is 10.9 Å². The van der Waals surface area contributed by atoms with Gasteiger partial charge in [-0.1, -0.05) is 6.92 Å². The van der Waals surface area contributed by atoms with Gasteiger partial charge in [-0.25, -0.2) is 9.97 Å². The Morgan fingerprint density at radius 2 is 1.95 bits per heavy atom. The monoisotopic (exact) mass is 316 g/mol. The normalized spacial score (nSPS) is 15.7. The Balaban J connectivity index is 1.51. The summed E-state index contributed by atoms with van der Waals surface area (Å²) in [5, 5.41) is 5.30. The highest BCUT2D eigenvalue weighted by atomic mass is 32.1. The molecule has 0 radical (unpaired) electrons. The number of aryl methyl sites for hydroxylation is 1. The van der Waals surface area contributed by atoms with Crippen LogP contribution in [0.3, 0.4) is 0 Å². The molecule has 0 bridgehead atoms. The minimum atomic E-state index is 0.775. The molecule has 4 heterocycles. The van der Waals surface area contributed by atoms with Gasteiger partial charge in [0.2, 0.25) is 5.13 Å². The summed E-state index contributed by atoms with van der Waals surface area (Å²) < 4.78 is 6.20. The van der Waals surface area contributed by atoms with Crippen molar-refractivity contribution in [1.29, 1.82) is 0 Å². The van der Waals surface area contributed by atoms with Crippen molar-refractivity contribution >= 4 is 28.1 Å². The zero-order valence-corrected chi connectivity index (χ0v) is 13.1. The second-order valence-electron chi connectivity index (χ2n) is 5.12. The molecule has 0 N–H and O–H groups in total. The number of rotatable bonds is 3. The Hall–Kier alpha value is -2.29. The van der Waals surface area contributed by atoms with Gasteiger partial charge in [-0.05, 0) is 0 Å². The molecule has 0 saturated carbocycles. The minimum Gasteiger partial charge on any atom is -0.352 e.